The van der Waals surface area contributed by atoms with Crippen LogP contribution in [0.5, 0.6) is 11.5 Å². The molecule has 3 rings (SSSR count). The molecule has 0 atom stereocenters. The summed E-state index contributed by atoms with van der Waals surface area (Å²) in [4.78, 5) is 0.541. The van der Waals surface area contributed by atoms with Crippen LogP contribution < -0.4 is 14.8 Å². The van der Waals surface area contributed by atoms with Crippen molar-refractivity contribution in [2.24, 2.45) is 0 Å². The summed E-state index contributed by atoms with van der Waals surface area (Å²) in [6.45, 7) is -0.255. The molecule has 0 fully saturated rings. The topological polar surface area (TPSA) is 39.7 Å². The van der Waals surface area contributed by atoms with Gasteiger partial charge >= 0.3 is 0 Å². The molecule has 160 valence electrons. The highest BCUT2D eigenvalue weighted by molar-refractivity contribution is 7.81. The number of halogens is 1. The fraction of sp³-hybridized carbons (Fsp3) is 0.375. The molecule has 1 N–H and O–H groups in total. The molecule has 0 amide bonds. The van der Waals surface area contributed by atoms with Crippen LogP contribution in [-0.2, 0) is 24.0 Å². The lowest BCUT2D eigenvalue weighted by Crippen LogP contribution is -2.25. The van der Waals surface area contributed by atoms with Crippen LogP contribution in [0.2, 0.25) is 0 Å². The van der Waals surface area contributed by atoms with E-state index in [9.17, 15) is 4.39 Å². The van der Waals surface area contributed by atoms with E-state index in [1.54, 1.807) is 14.2 Å². The van der Waals surface area contributed by atoms with Crippen molar-refractivity contribution < 1.29 is 18.6 Å². The summed E-state index contributed by atoms with van der Waals surface area (Å²) in [5.41, 5.74) is 5.49. The summed E-state index contributed by atoms with van der Waals surface area (Å²) < 4.78 is 28.2. The first-order valence-corrected chi connectivity index (χ1v) is 10.6. The van der Waals surface area contributed by atoms with Gasteiger partial charge in [0.15, 0.2) is 11.5 Å². The van der Waals surface area contributed by atoms with E-state index in [2.05, 4.69) is 17.4 Å². The van der Waals surface area contributed by atoms with Crippen LogP contribution in [0.15, 0.2) is 42.7 Å². The molecule has 6 heteroatoms. The van der Waals surface area contributed by atoms with Crippen LogP contribution in [0, 0.1) is 0 Å². The lowest BCUT2D eigenvalue weighted by atomic mass is 9.89. The van der Waals surface area contributed by atoms with E-state index in [-0.39, 0.29) is 0 Å². The van der Waals surface area contributed by atoms with Gasteiger partial charge in [0.25, 0.3) is 0 Å². The van der Waals surface area contributed by atoms with Crippen LogP contribution in [0.25, 0.3) is 5.57 Å². The van der Waals surface area contributed by atoms with E-state index in [1.807, 2.05) is 24.3 Å². The molecular formula is C24H28FNO3S. The van der Waals surface area contributed by atoms with Gasteiger partial charge in [-0.25, -0.2) is 4.39 Å². The van der Waals surface area contributed by atoms with Gasteiger partial charge in [-0.15, -0.1) is 0 Å². The molecule has 0 spiro atoms. The molecule has 2 aromatic rings. The molecule has 0 bridgehead atoms. The normalized spacial score (nSPS) is 13.4. The summed E-state index contributed by atoms with van der Waals surface area (Å²) >= 11 is 5.60. The number of nitrogens with one attached hydrogen (secondary N) is 1. The second kappa shape index (κ2) is 11.0. The van der Waals surface area contributed by atoms with E-state index in [1.165, 1.54) is 30.2 Å². The van der Waals surface area contributed by atoms with Crippen LogP contribution in [0.3, 0.4) is 0 Å². The zero-order valence-corrected chi connectivity index (χ0v) is 18.3. The number of ether oxygens (including phenoxy) is 3. The predicted molar refractivity (Wildman–Crippen MR) is 122 cm³/mol. The van der Waals surface area contributed by atoms with Crippen LogP contribution in [-0.4, -0.2) is 32.6 Å². The van der Waals surface area contributed by atoms with E-state index in [0.717, 1.165) is 30.4 Å². The number of alkyl halides is 1. The summed E-state index contributed by atoms with van der Waals surface area (Å²) in [6, 6.07) is 12.2. The molecule has 0 saturated heterocycles. The smallest absolute Gasteiger partial charge is 0.227 e. The van der Waals surface area contributed by atoms with Gasteiger partial charge in [-0.1, -0.05) is 36.5 Å². The molecule has 0 unspecified atom stereocenters. The van der Waals surface area contributed by atoms with Crippen molar-refractivity contribution in [2.45, 2.75) is 32.1 Å². The number of fused-ring (bicyclic) bond motifs is 1. The van der Waals surface area contributed by atoms with Crippen molar-refractivity contribution in [3.8, 4) is 11.5 Å². The monoisotopic (exact) mass is 429 g/mol. The maximum Gasteiger partial charge on any atom is 0.227 e. The zero-order chi connectivity index (χ0) is 21.3. The van der Waals surface area contributed by atoms with E-state index in [0.29, 0.717) is 28.6 Å². The number of thiocarbonyl (C=S) groups is 1. The van der Waals surface area contributed by atoms with E-state index < -0.39 is 6.86 Å². The van der Waals surface area contributed by atoms with Crippen molar-refractivity contribution in [3.05, 3.63) is 64.9 Å². The molecule has 4 nitrogen and oxygen atoms in total. The first-order chi connectivity index (χ1) is 14.7. The van der Waals surface area contributed by atoms with Crippen LogP contribution >= 0.6 is 12.2 Å². The molecule has 1 aliphatic carbocycles. The summed E-state index contributed by atoms with van der Waals surface area (Å²) in [7, 11) is 3.24. The molecule has 0 saturated carbocycles. The molecule has 30 heavy (non-hydrogen) atoms. The maximum absolute atomic E-state index is 12.7. The third-order valence-corrected chi connectivity index (χ3v) is 5.68. The average Bonchev–Trinajstić information content (AvgIpc) is 2.79. The number of benzene rings is 2. The van der Waals surface area contributed by atoms with E-state index >= 15 is 0 Å². The third kappa shape index (κ3) is 5.51. The van der Waals surface area contributed by atoms with Crippen LogP contribution in [0.1, 0.15) is 35.1 Å². The Kier molecular flexibility index (Phi) is 8.08. The minimum atomic E-state index is -0.886. The Labute approximate surface area is 183 Å². The van der Waals surface area contributed by atoms with Gasteiger partial charge in [0.05, 0.1) is 26.1 Å². The molecule has 0 aliphatic heterocycles. The molecule has 0 radical (unpaired) electrons. The van der Waals surface area contributed by atoms with E-state index in [4.69, 9.17) is 26.4 Å². The number of hydrogen-bond donors (Lipinski definition) is 1. The molecule has 0 aromatic heterocycles. The maximum atomic E-state index is 12.7. The number of methoxy groups -OCH3 is 2. The Morgan fingerprint density at radius 3 is 2.53 bits per heavy atom. The second-order valence-corrected chi connectivity index (χ2v) is 7.60. The van der Waals surface area contributed by atoms with Crippen molar-refractivity contribution in [2.75, 3.05) is 27.6 Å². The fourth-order valence-corrected chi connectivity index (χ4v) is 3.99. The quantitative estimate of drug-likeness (QED) is 0.344. The average molecular weight is 430 g/mol. The highest BCUT2D eigenvalue weighted by atomic mass is 32.1. The minimum Gasteiger partial charge on any atom is -0.493 e. The minimum absolute atomic E-state index is 0.541. The molecule has 0 heterocycles. The predicted octanol–water partition coefficient (Wildman–Crippen LogP) is 5.03. The highest BCUT2D eigenvalue weighted by Crippen LogP contribution is 2.28. The number of hydrogen-bond acceptors (Lipinski definition) is 4. The van der Waals surface area contributed by atoms with Crippen molar-refractivity contribution >= 4 is 22.8 Å². The van der Waals surface area contributed by atoms with Gasteiger partial charge in [0.1, 0.15) is 4.99 Å². The Bertz CT molecular complexity index is 913. The number of aryl methyl sites for hydroxylation is 2. The Morgan fingerprint density at radius 2 is 1.80 bits per heavy atom. The van der Waals surface area contributed by atoms with Gasteiger partial charge in [-0.2, -0.15) is 0 Å². The first-order valence-electron chi connectivity index (χ1n) is 10.1. The van der Waals surface area contributed by atoms with Crippen LogP contribution in [0.4, 0.5) is 4.39 Å². The summed E-state index contributed by atoms with van der Waals surface area (Å²) in [5, 5.41) is 3.27. The largest absolute Gasteiger partial charge is 0.493 e. The molecule has 1 aliphatic rings. The van der Waals surface area contributed by atoms with Gasteiger partial charge in [-0.3, -0.25) is 0 Å². The Hall–Kier alpha value is -2.60. The van der Waals surface area contributed by atoms with Gasteiger partial charge in [-0.05, 0) is 66.5 Å². The summed E-state index contributed by atoms with van der Waals surface area (Å²) in [6.07, 6.45) is 6.78. The summed E-state index contributed by atoms with van der Waals surface area (Å²) in [5.74, 6) is 1.40. The number of rotatable bonds is 9. The van der Waals surface area contributed by atoms with Crippen molar-refractivity contribution in [3.63, 3.8) is 0 Å². The second-order valence-electron chi connectivity index (χ2n) is 7.19. The van der Waals surface area contributed by atoms with Gasteiger partial charge in [0, 0.05) is 6.54 Å². The third-order valence-electron chi connectivity index (χ3n) is 5.32. The zero-order valence-electron chi connectivity index (χ0n) is 17.5. The van der Waals surface area contributed by atoms with Crippen molar-refractivity contribution in [1.82, 2.24) is 5.32 Å². The van der Waals surface area contributed by atoms with Gasteiger partial charge in [0.2, 0.25) is 6.86 Å². The molecule has 2 aromatic carbocycles. The standard InChI is InChI=1S/C24H28FNO3S/c1-27-22-10-7-17(13-23(22)28-2)11-12-26-24(30)21(15-29-16-25)20-9-8-18-5-3-4-6-19(18)14-20/h7-10,13-15H,3-6,11-12,16H2,1-2H3,(H,26,30)/b21-15-. The SMILES string of the molecule is COc1ccc(CCNC(=S)/C(=C\OCF)c2ccc3c(c2)CCCC3)cc1OC. The Balaban J connectivity index is 1.68. The first kappa shape index (κ1) is 22.1. The van der Waals surface area contributed by atoms with Crippen molar-refractivity contribution in [1.29, 1.82) is 0 Å². The lowest BCUT2D eigenvalue weighted by molar-refractivity contribution is 0.142. The molecular weight excluding hydrogens is 401 g/mol. The Morgan fingerprint density at radius 1 is 1.03 bits per heavy atom. The fourth-order valence-electron chi connectivity index (χ4n) is 3.72. The van der Waals surface area contributed by atoms with Gasteiger partial charge < -0.3 is 19.5 Å². The lowest BCUT2D eigenvalue weighted by Gasteiger charge is -2.18. The highest BCUT2D eigenvalue weighted by Gasteiger charge is 2.14.